The van der Waals surface area contributed by atoms with Crippen molar-refractivity contribution < 1.29 is 0 Å². The Kier molecular flexibility index (Phi) is 5.12. The summed E-state index contributed by atoms with van der Waals surface area (Å²) in [7, 11) is 0. The third-order valence-electron chi connectivity index (χ3n) is 3.56. The van der Waals surface area contributed by atoms with Crippen molar-refractivity contribution in [3.8, 4) is 0 Å². The molecule has 0 radical (unpaired) electrons. The molecular formula is C20H15Cl2N. The van der Waals surface area contributed by atoms with Gasteiger partial charge >= 0.3 is 0 Å². The molecule has 0 saturated heterocycles. The smallest absolute Gasteiger partial charge is 0.0999 e. The Labute approximate surface area is 146 Å². The average Bonchev–Trinajstić information content (AvgIpc) is 2.59. The van der Waals surface area contributed by atoms with E-state index in [4.69, 9.17) is 28.2 Å². The molecule has 3 aromatic carbocycles. The molecule has 0 unspecified atom stereocenters. The topological polar surface area (TPSA) is 12.4 Å². The molecule has 0 aliphatic carbocycles. The first-order chi connectivity index (χ1) is 11.2. The van der Waals surface area contributed by atoms with Gasteiger partial charge in [-0.1, -0.05) is 89.9 Å². The van der Waals surface area contributed by atoms with Crippen molar-refractivity contribution in [2.75, 3.05) is 0 Å². The van der Waals surface area contributed by atoms with E-state index in [1.165, 1.54) is 0 Å². The quantitative estimate of drug-likeness (QED) is 0.501. The molecule has 0 amide bonds. The van der Waals surface area contributed by atoms with Crippen LogP contribution in [0.5, 0.6) is 0 Å². The maximum Gasteiger partial charge on any atom is 0.0999 e. The summed E-state index contributed by atoms with van der Waals surface area (Å²) in [5.74, 6) is 0. The lowest BCUT2D eigenvalue weighted by molar-refractivity contribution is 0.878. The summed E-state index contributed by atoms with van der Waals surface area (Å²) in [5, 5.41) is 1.22. The summed E-state index contributed by atoms with van der Waals surface area (Å²) < 4.78 is 0. The van der Waals surface area contributed by atoms with Crippen LogP contribution in [0, 0.1) is 0 Å². The lowest BCUT2D eigenvalue weighted by atomic mass is 9.99. The third-order valence-corrected chi connectivity index (χ3v) is 4.12. The van der Waals surface area contributed by atoms with Gasteiger partial charge in [-0.25, -0.2) is 0 Å². The number of benzene rings is 3. The first-order valence-electron chi connectivity index (χ1n) is 7.32. The molecule has 114 valence electrons. The van der Waals surface area contributed by atoms with E-state index < -0.39 is 0 Å². The summed E-state index contributed by atoms with van der Waals surface area (Å²) >= 11 is 12.2. The summed E-state index contributed by atoms with van der Waals surface area (Å²) in [6.45, 7) is 0. The molecule has 0 spiro atoms. The molecule has 0 N–H and O–H groups in total. The first kappa shape index (κ1) is 15.8. The largest absolute Gasteiger partial charge is 0.280 e. The van der Waals surface area contributed by atoms with Gasteiger partial charge in [0, 0.05) is 16.8 Å². The van der Waals surface area contributed by atoms with E-state index in [1.54, 1.807) is 6.07 Å². The van der Waals surface area contributed by atoms with E-state index >= 15 is 0 Å². The van der Waals surface area contributed by atoms with Crippen molar-refractivity contribution in [2.45, 2.75) is 6.04 Å². The van der Waals surface area contributed by atoms with E-state index in [2.05, 4.69) is 24.3 Å². The first-order valence-corrected chi connectivity index (χ1v) is 8.08. The highest BCUT2D eigenvalue weighted by Crippen LogP contribution is 2.26. The maximum absolute atomic E-state index is 6.23. The highest BCUT2D eigenvalue weighted by atomic mass is 35.5. The highest BCUT2D eigenvalue weighted by molar-refractivity contribution is 6.36. The molecule has 0 aliphatic rings. The van der Waals surface area contributed by atoms with Crippen molar-refractivity contribution in [1.82, 2.24) is 0 Å². The molecule has 1 nitrogen and oxygen atoms in total. The molecule has 3 heteroatoms. The van der Waals surface area contributed by atoms with Crippen LogP contribution in [0.15, 0.2) is 83.9 Å². The van der Waals surface area contributed by atoms with Gasteiger partial charge in [0.1, 0.15) is 0 Å². The van der Waals surface area contributed by atoms with Crippen LogP contribution in [-0.4, -0.2) is 6.21 Å². The minimum atomic E-state index is -0.0656. The van der Waals surface area contributed by atoms with Crippen LogP contribution in [0.1, 0.15) is 22.7 Å². The number of rotatable bonds is 4. The van der Waals surface area contributed by atoms with Crippen molar-refractivity contribution >= 4 is 29.4 Å². The Bertz CT molecular complexity index is 759. The average molecular weight is 340 g/mol. The molecule has 0 saturated carbocycles. The van der Waals surface area contributed by atoms with Crippen LogP contribution in [0.4, 0.5) is 0 Å². The SMILES string of the molecule is Clc1ccc(C=NC(c2ccccc2)c2ccccc2)c(Cl)c1. The Morgan fingerprint density at radius 2 is 1.30 bits per heavy atom. The molecule has 0 aromatic heterocycles. The number of hydrogen-bond acceptors (Lipinski definition) is 1. The van der Waals surface area contributed by atoms with Crippen molar-refractivity contribution in [1.29, 1.82) is 0 Å². The van der Waals surface area contributed by atoms with E-state index in [1.807, 2.05) is 54.7 Å². The third kappa shape index (κ3) is 4.01. The van der Waals surface area contributed by atoms with Crippen LogP contribution in [0.3, 0.4) is 0 Å². The Morgan fingerprint density at radius 3 is 1.83 bits per heavy atom. The predicted octanol–water partition coefficient (Wildman–Crippen LogP) is 6.20. The second-order valence-corrected chi connectivity index (χ2v) is 6.01. The number of halogens is 2. The molecule has 0 aliphatic heterocycles. The summed E-state index contributed by atoms with van der Waals surface area (Å²) in [5.41, 5.74) is 3.13. The molecule has 23 heavy (non-hydrogen) atoms. The van der Waals surface area contributed by atoms with Crippen LogP contribution in [0.2, 0.25) is 10.0 Å². The van der Waals surface area contributed by atoms with Gasteiger partial charge in [-0.15, -0.1) is 0 Å². The lowest BCUT2D eigenvalue weighted by Crippen LogP contribution is -1.99. The van der Waals surface area contributed by atoms with Crippen LogP contribution < -0.4 is 0 Å². The minimum Gasteiger partial charge on any atom is -0.280 e. The van der Waals surface area contributed by atoms with E-state index in [9.17, 15) is 0 Å². The van der Waals surface area contributed by atoms with Gasteiger partial charge < -0.3 is 0 Å². The van der Waals surface area contributed by atoms with E-state index in [0.717, 1.165) is 16.7 Å². The molecule has 0 heterocycles. The van der Waals surface area contributed by atoms with Gasteiger partial charge in [0.25, 0.3) is 0 Å². The summed E-state index contributed by atoms with van der Waals surface area (Å²) in [4.78, 5) is 4.77. The molecule has 0 fully saturated rings. The predicted molar refractivity (Wildman–Crippen MR) is 98.8 cm³/mol. The lowest BCUT2D eigenvalue weighted by Gasteiger charge is -2.13. The zero-order valence-electron chi connectivity index (χ0n) is 12.4. The standard InChI is InChI=1S/C20H15Cl2N/c21-18-12-11-17(19(22)13-18)14-23-20(15-7-3-1-4-8-15)16-9-5-2-6-10-16/h1-14,20H. The molecule has 0 atom stereocenters. The van der Waals surface area contributed by atoms with Crippen LogP contribution in [-0.2, 0) is 0 Å². The Morgan fingerprint density at radius 1 is 0.739 bits per heavy atom. The second-order valence-electron chi connectivity index (χ2n) is 5.17. The van der Waals surface area contributed by atoms with Crippen LogP contribution in [0.25, 0.3) is 0 Å². The number of hydrogen-bond donors (Lipinski definition) is 0. The number of aliphatic imine (C=N–C) groups is 1. The fourth-order valence-electron chi connectivity index (χ4n) is 2.40. The Balaban J connectivity index is 1.98. The monoisotopic (exact) mass is 339 g/mol. The van der Waals surface area contributed by atoms with Crippen molar-refractivity contribution in [3.63, 3.8) is 0 Å². The number of nitrogens with zero attached hydrogens (tertiary/aromatic N) is 1. The van der Waals surface area contributed by atoms with Crippen molar-refractivity contribution in [2.24, 2.45) is 4.99 Å². The van der Waals surface area contributed by atoms with Crippen LogP contribution >= 0.6 is 23.2 Å². The van der Waals surface area contributed by atoms with Gasteiger partial charge in [-0.3, -0.25) is 4.99 Å². The molecule has 0 bridgehead atoms. The van der Waals surface area contributed by atoms with E-state index in [-0.39, 0.29) is 6.04 Å². The maximum atomic E-state index is 6.23. The zero-order chi connectivity index (χ0) is 16.1. The minimum absolute atomic E-state index is 0.0656. The molecular weight excluding hydrogens is 325 g/mol. The zero-order valence-corrected chi connectivity index (χ0v) is 13.9. The highest BCUT2D eigenvalue weighted by Gasteiger charge is 2.11. The molecule has 3 aromatic rings. The van der Waals surface area contributed by atoms with Gasteiger partial charge in [0.15, 0.2) is 0 Å². The van der Waals surface area contributed by atoms with Gasteiger partial charge in [0.2, 0.25) is 0 Å². The second kappa shape index (κ2) is 7.45. The summed E-state index contributed by atoms with van der Waals surface area (Å²) in [6, 6.07) is 25.8. The van der Waals surface area contributed by atoms with Gasteiger partial charge in [0.05, 0.1) is 11.1 Å². The summed E-state index contributed by atoms with van der Waals surface area (Å²) in [6.07, 6.45) is 1.81. The van der Waals surface area contributed by atoms with E-state index in [0.29, 0.717) is 10.0 Å². The molecule has 3 rings (SSSR count). The fraction of sp³-hybridized carbons (Fsp3) is 0.0500. The van der Waals surface area contributed by atoms with Crippen molar-refractivity contribution in [3.05, 3.63) is 106 Å². The normalized spacial score (nSPS) is 11.3. The Hall–Kier alpha value is -2.09. The van der Waals surface area contributed by atoms with Gasteiger partial charge in [-0.2, -0.15) is 0 Å². The van der Waals surface area contributed by atoms with Gasteiger partial charge in [-0.05, 0) is 23.3 Å². The fourth-order valence-corrected chi connectivity index (χ4v) is 2.85.